The molecule has 1 saturated heterocycles. The second kappa shape index (κ2) is 2.95. The summed E-state index contributed by atoms with van der Waals surface area (Å²) in [6.45, 7) is 3.18. The molecular weight excluding hydrogens is 174 g/mol. The Morgan fingerprint density at radius 3 is 2.71 bits per heavy atom. The molecule has 1 aromatic rings. The van der Waals surface area contributed by atoms with Gasteiger partial charge in [-0.05, 0) is 36.4 Å². The molecule has 74 valence electrons. The zero-order valence-corrected chi connectivity index (χ0v) is 8.13. The fourth-order valence-electron chi connectivity index (χ4n) is 2.73. The van der Waals surface area contributed by atoms with E-state index in [-0.39, 0.29) is 0 Å². The maximum Gasteiger partial charge on any atom is 0.128 e. The molecule has 3 heteroatoms. The zero-order valence-electron chi connectivity index (χ0n) is 8.13. The molecule has 2 fully saturated rings. The van der Waals surface area contributed by atoms with Crippen LogP contribution in [0.25, 0.3) is 0 Å². The van der Waals surface area contributed by atoms with Gasteiger partial charge < -0.3 is 10.6 Å². The summed E-state index contributed by atoms with van der Waals surface area (Å²) in [5, 5.41) is 0. The minimum absolute atomic E-state index is 0.801. The van der Waals surface area contributed by atoms with Gasteiger partial charge in [0.15, 0.2) is 0 Å². The minimum atomic E-state index is 0.801. The van der Waals surface area contributed by atoms with Crippen molar-refractivity contribution in [2.45, 2.75) is 0 Å². The molecule has 0 amide bonds. The predicted molar refractivity (Wildman–Crippen MR) is 56.0 cm³/mol. The van der Waals surface area contributed by atoms with E-state index in [0.29, 0.717) is 0 Å². The maximum atomic E-state index is 5.67. The van der Waals surface area contributed by atoms with Gasteiger partial charge in [0.2, 0.25) is 0 Å². The standard InChI is InChI=1S/C11H15N3/c12-5-8-9-6-14(7-10(8)9)11-3-1-2-4-13-11/h1-4,8-10H,5-7,12H2. The van der Waals surface area contributed by atoms with Crippen LogP contribution in [0.5, 0.6) is 0 Å². The summed E-state index contributed by atoms with van der Waals surface area (Å²) >= 11 is 0. The van der Waals surface area contributed by atoms with Gasteiger partial charge in [-0.15, -0.1) is 0 Å². The second-order valence-corrected chi connectivity index (χ2v) is 4.32. The quantitative estimate of drug-likeness (QED) is 0.745. The monoisotopic (exact) mass is 189 g/mol. The largest absolute Gasteiger partial charge is 0.356 e. The highest BCUT2D eigenvalue weighted by atomic mass is 15.2. The van der Waals surface area contributed by atoms with Crippen molar-refractivity contribution < 1.29 is 0 Å². The van der Waals surface area contributed by atoms with E-state index in [1.54, 1.807) is 0 Å². The van der Waals surface area contributed by atoms with Crippen molar-refractivity contribution >= 4 is 5.82 Å². The van der Waals surface area contributed by atoms with E-state index in [1.165, 1.54) is 0 Å². The van der Waals surface area contributed by atoms with E-state index in [2.05, 4.69) is 16.0 Å². The van der Waals surface area contributed by atoms with Crippen LogP contribution >= 0.6 is 0 Å². The molecule has 2 unspecified atom stereocenters. The van der Waals surface area contributed by atoms with Gasteiger partial charge in [-0.3, -0.25) is 0 Å². The molecule has 0 aromatic carbocycles. The zero-order chi connectivity index (χ0) is 9.54. The van der Waals surface area contributed by atoms with Crippen LogP contribution in [0.3, 0.4) is 0 Å². The van der Waals surface area contributed by atoms with Crippen LogP contribution in [0.4, 0.5) is 5.82 Å². The number of aromatic nitrogens is 1. The van der Waals surface area contributed by atoms with Crippen LogP contribution in [-0.4, -0.2) is 24.6 Å². The summed E-state index contributed by atoms with van der Waals surface area (Å²) in [5.74, 6) is 3.62. The van der Waals surface area contributed by atoms with Gasteiger partial charge in [-0.25, -0.2) is 4.98 Å². The predicted octanol–water partition coefficient (Wildman–Crippen LogP) is 0.722. The molecule has 2 atom stereocenters. The number of rotatable bonds is 2. The Kier molecular flexibility index (Phi) is 1.74. The fraction of sp³-hybridized carbons (Fsp3) is 0.545. The van der Waals surface area contributed by atoms with E-state index < -0.39 is 0 Å². The molecule has 2 heterocycles. The fourth-order valence-corrected chi connectivity index (χ4v) is 2.73. The molecule has 1 saturated carbocycles. The van der Waals surface area contributed by atoms with Crippen molar-refractivity contribution in [3.63, 3.8) is 0 Å². The smallest absolute Gasteiger partial charge is 0.128 e. The average Bonchev–Trinajstić information content (AvgIpc) is 2.72. The molecule has 3 nitrogen and oxygen atoms in total. The Labute approximate surface area is 83.9 Å². The number of nitrogens with two attached hydrogens (primary N) is 1. The summed E-state index contributed by atoms with van der Waals surface area (Å²) in [5.41, 5.74) is 5.67. The highest BCUT2D eigenvalue weighted by molar-refractivity contribution is 5.41. The molecule has 2 N–H and O–H groups in total. The third-order valence-electron chi connectivity index (χ3n) is 3.62. The molecule has 0 bridgehead atoms. The molecule has 0 spiro atoms. The molecular formula is C11H15N3. The summed E-state index contributed by atoms with van der Waals surface area (Å²) in [4.78, 5) is 6.74. The van der Waals surface area contributed by atoms with Crippen LogP contribution in [0.15, 0.2) is 24.4 Å². The highest BCUT2D eigenvalue weighted by Gasteiger charge is 2.54. The van der Waals surface area contributed by atoms with E-state index in [9.17, 15) is 0 Å². The molecule has 14 heavy (non-hydrogen) atoms. The van der Waals surface area contributed by atoms with Crippen molar-refractivity contribution in [2.24, 2.45) is 23.5 Å². The van der Waals surface area contributed by atoms with Crippen molar-refractivity contribution in [3.8, 4) is 0 Å². The Morgan fingerprint density at radius 2 is 2.14 bits per heavy atom. The number of piperidine rings is 1. The molecule has 1 aliphatic carbocycles. The molecule has 0 radical (unpaired) electrons. The highest BCUT2D eigenvalue weighted by Crippen LogP contribution is 2.51. The molecule has 1 aromatic heterocycles. The lowest BCUT2D eigenvalue weighted by molar-refractivity contribution is 0.644. The number of hydrogen-bond acceptors (Lipinski definition) is 3. The number of pyridine rings is 1. The number of hydrogen-bond donors (Lipinski definition) is 1. The Bertz CT molecular complexity index is 313. The topological polar surface area (TPSA) is 42.1 Å². The van der Waals surface area contributed by atoms with E-state index in [1.807, 2.05) is 18.3 Å². The average molecular weight is 189 g/mol. The lowest BCUT2D eigenvalue weighted by Crippen LogP contribution is -2.26. The first-order chi connectivity index (χ1) is 6.90. The molecule has 1 aliphatic heterocycles. The maximum absolute atomic E-state index is 5.67. The lowest BCUT2D eigenvalue weighted by atomic mass is 10.2. The summed E-state index contributed by atoms with van der Waals surface area (Å²) in [6, 6.07) is 6.10. The van der Waals surface area contributed by atoms with Crippen molar-refractivity contribution in [1.82, 2.24) is 4.98 Å². The van der Waals surface area contributed by atoms with Gasteiger partial charge in [0.1, 0.15) is 5.82 Å². The first kappa shape index (κ1) is 8.24. The van der Waals surface area contributed by atoms with Gasteiger partial charge in [0.25, 0.3) is 0 Å². The Balaban J connectivity index is 1.70. The van der Waals surface area contributed by atoms with Crippen LogP contribution < -0.4 is 10.6 Å². The molecule has 3 rings (SSSR count). The number of fused-ring (bicyclic) bond motifs is 1. The summed E-state index contributed by atoms with van der Waals surface area (Å²) in [7, 11) is 0. The van der Waals surface area contributed by atoms with Crippen LogP contribution in [0.1, 0.15) is 0 Å². The molecule has 2 aliphatic rings. The van der Waals surface area contributed by atoms with E-state index in [4.69, 9.17) is 5.73 Å². The third-order valence-corrected chi connectivity index (χ3v) is 3.62. The normalized spacial score (nSPS) is 34.4. The first-order valence-corrected chi connectivity index (χ1v) is 5.26. The number of anilines is 1. The Hall–Kier alpha value is -1.09. The van der Waals surface area contributed by atoms with Gasteiger partial charge in [-0.1, -0.05) is 6.07 Å². The van der Waals surface area contributed by atoms with Crippen molar-refractivity contribution in [2.75, 3.05) is 24.5 Å². The van der Waals surface area contributed by atoms with Gasteiger partial charge in [0, 0.05) is 19.3 Å². The van der Waals surface area contributed by atoms with Crippen molar-refractivity contribution in [3.05, 3.63) is 24.4 Å². The number of nitrogens with zero attached hydrogens (tertiary/aromatic N) is 2. The van der Waals surface area contributed by atoms with Gasteiger partial charge in [0.05, 0.1) is 0 Å². The first-order valence-electron chi connectivity index (χ1n) is 5.26. The van der Waals surface area contributed by atoms with Gasteiger partial charge in [-0.2, -0.15) is 0 Å². The van der Waals surface area contributed by atoms with Crippen LogP contribution in [0, 0.1) is 17.8 Å². The Morgan fingerprint density at radius 1 is 1.36 bits per heavy atom. The second-order valence-electron chi connectivity index (χ2n) is 4.32. The summed E-state index contributed by atoms with van der Waals surface area (Å²) < 4.78 is 0. The van der Waals surface area contributed by atoms with Crippen LogP contribution in [0.2, 0.25) is 0 Å². The van der Waals surface area contributed by atoms with E-state index >= 15 is 0 Å². The lowest BCUT2D eigenvalue weighted by Gasteiger charge is -2.20. The van der Waals surface area contributed by atoms with Gasteiger partial charge >= 0.3 is 0 Å². The minimum Gasteiger partial charge on any atom is -0.356 e. The van der Waals surface area contributed by atoms with Crippen molar-refractivity contribution in [1.29, 1.82) is 0 Å². The third kappa shape index (κ3) is 1.12. The van der Waals surface area contributed by atoms with Crippen LogP contribution in [-0.2, 0) is 0 Å². The SMILES string of the molecule is NCC1C2CN(c3ccccn3)CC12. The van der Waals surface area contributed by atoms with E-state index in [0.717, 1.165) is 43.2 Å². The summed E-state index contributed by atoms with van der Waals surface area (Å²) in [6.07, 6.45) is 1.86.